The maximum atomic E-state index is 9.43. The summed E-state index contributed by atoms with van der Waals surface area (Å²) in [4.78, 5) is 0. The standard InChI is InChI=1S/C17H21NO/c1-16(13-18)12-15(14-8-4-2-5-9-14)17(19-16)10-6-3-7-11-17/h2,4-5,8-9,15H,3,6-7,10-12H2,1H3/t15-,16-/m1/s1. The van der Waals surface area contributed by atoms with Crippen molar-refractivity contribution in [3.8, 4) is 6.07 Å². The summed E-state index contributed by atoms with van der Waals surface area (Å²) in [6.45, 7) is 1.95. The van der Waals surface area contributed by atoms with Crippen molar-refractivity contribution in [2.75, 3.05) is 0 Å². The van der Waals surface area contributed by atoms with E-state index in [1.165, 1.54) is 24.8 Å². The number of hydrogen-bond donors (Lipinski definition) is 0. The van der Waals surface area contributed by atoms with Gasteiger partial charge in [-0.1, -0.05) is 49.6 Å². The predicted octanol–water partition coefficient (Wildman–Crippen LogP) is 4.18. The Morgan fingerprint density at radius 1 is 1.16 bits per heavy atom. The zero-order chi connectivity index (χ0) is 13.3. The highest BCUT2D eigenvalue weighted by atomic mass is 16.5. The van der Waals surface area contributed by atoms with E-state index in [-0.39, 0.29) is 5.60 Å². The summed E-state index contributed by atoms with van der Waals surface area (Å²) in [5, 5.41) is 9.43. The highest BCUT2D eigenvalue weighted by Crippen LogP contribution is 2.54. The van der Waals surface area contributed by atoms with Gasteiger partial charge in [0.2, 0.25) is 0 Å². The average Bonchev–Trinajstić information content (AvgIpc) is 2.74. The van der Waals surface area contributed by atoms with Gasteiger partial charge in [-0.15, -0.1) is 0 Å². The van der Waals surface area contributed by atoms with Crippen LogP contribution in [-0.2, 0) is 4.74 Å². The third kappa shape index (κ3) is 2.17. The lowest BCUT2D eigenvalue weighted by atomic mass is 9.72. The van der Waals surface area contributed by atoms with Crippen LogP contribution in [0.15, 0.2) is 30.3 Å². The van der Waals surface area contributed by atoms with Crippen molar-refractivity contribution in [1.29, 1.82) is 5.26 Å². The van der Waals surface area contributed by atoms with Gasteiger partial charge in [-0.3, -0.25) is 0 Å². The third-order valence-corrected chi connectivity index (χ3v) is 4.80. The summed E-state index contributed by atoms with van der Waals surface area (Å²) in [6, 6.07) is 13.0. The predicted molar refractivity (Wildman–Crippen MR) is 74.7 cm³/mol. The summed E-state index contributed by atoms with van der Waals surface area (Å²) >= 11 is 0. The summed E-state index contributed by atoms with van der Waals surface area (Å²) in [5.74, 6) is 0.374. The van der Waals surface area contributed by atoms with Crippen LogP contribution in [0, 0.1) is 11.3 Å². The smallest absolute Gasteiger partial charge is 0.152 e. The van der Waals surface area contributed by atoms with Crippen LogP contribution in [-0.4, -0.2) is 11.2 Å². The molecule has 3 rings (SSSR count). The van der Waals surface area contributed by atoms with E-state index in [2.05, 4.69) is 36.4 Å². The lowest BCUT2D eigenvalue weighted by Gasteiger charge is -2.38. The van der Waals surface area contributed by atoms with Gasteiger partial charge in [-0.05, 0) is 31.7 Å². The first kappa shape index (κ1) is 12.7. The minimum Gasteiger partial charge on any atom is -0.353 e. The summed E-state index contributed by atoms with van der Waals surface area (Å²) < 4.78 is 6.33. The Hall–Kier alpha value is -1.33. The number of hydrogen-bond acceptors (Lipinski definition) is 2. The Kier molecular flexibility index (Phi) is 3.11. The molecule has 1 spiro atoms. The van der Waals surface area contributed by atoms with Crippen LogP contribution in [0.1, 0.15) is 56.9 Å². The Bertz CT molecular complexity index is 484. The van der Waals surface area contributed by atoms with Gasteiger partial charge in [0.1, 0.15) is 0 Å². The Morgan fingerprint density at radius 2 is 1.84 bits per heavy atom. The second-order valence-corrected chi connectivity index (χ2v) is 6.24. The van der Waals surface area contributed by atoms with Crippen LogP contribution in [0.2, 0.25) is 0 Å². The molecule has 19 heavy (non-hydrogen) atoms. The first-order valence-electron chi connectivity index (χ1n) is 7.34. The zero-order valence-electron chi connectivity index (χ0n) is 11.6. The van der Waals surface area contributed by atoms with E-state index in [9.17, 15) is 5.26 Å². The highest BCUT2D eigenvalue weighted by molar-refractivity contribution is 5.28. The lowest BCUT2D eigenvalue weighted by Crippen LogP contribution is -2.38. The highest BCUT2D eigenvalue weighted by Gasteiger charge is 2.54. The molecule has 2 heteroatoms. The van der Waals surface area contributed by atoms with Crippen LogP contribution in [0.3, 0.4) is 0 Å². The molecule has 1 aliphatic carbocycles. The summed E-state index contributed by atoms with van der Waals surface area (Å²) in [6.07, 6.45) is 6.78. The largest absolute Gasteiger partial charge is 0.353 e. The zero-order valence-corrected chi connectivity index (χ0v) is 11.6. The quantitative estimate of drug-likeness (QED) is 0.754. The van der Waals surface area contributed by atoms with Gasteiger partial charge in [0.15, 0.2) is 5.60 Å². The van der Waals surface area contributed by atoms with Gasteiger partial charge in [-0.2, -0.15) is 5.26 Å². The Labute approximate surface area is 115 Å². The molecular weight excluding hydrogens is 234 g/mol. The first-order valence-corrected chi connectivity index (χ1v) is 7.34. The SMILES string of the molecule is C[C@]1(C#N)C[C@H](c2ccccc2)C2(CCCCC2)O1. The third-order valence-electron chi connectivity index (χ3n) is 4.80. The fraction of sp³-hybridized carbons (Fsp3) is 0.588. The normalized spacial score (nSPS) is 33.2. The van der Waals surface area contributed by atoms with E-state index < -0.39 is 5.60 Å². The molecule has 0 N–H and O–H groups in total. The van der Waals surface area contributed by atoms with Gasteiger partial charge in [0.05, 0.1) is 11.7 Å². The van der Waals surface area contributed by atoms with Crippen LogP contribution in [0.4, 0.5) is 0 Å². The Balaban J connectivity index is 1.98. The topological polar surface area (TPSA) is 33.0 Å². The van der Waals surface area contributed by atoms with Gasteiger partial charge in [0, 0.05) is 5.92 Å². The minimum atomic E-state index is -0.613. The van der Waals surface area contributed by atoms with E-state index in [1.807, 2.05) is 6.92 Å². The fourth-order valence-corrected chi connectivity index (χ4v) is 3.91. The molecule has 0 radical (unpaired) electrons. The van der Waals surface area contributed by atoms with Crippen molar-refractivity contribution in [2.24, 2.45) is 0 Å². The summed E-state index contributed by atoms with van der Waals surface area (Å²) in [7, 11) is 0. The molecule has 2 atom stereocenters. The molecule has 1 aromatic rings. The number of rotatable bonds is 1. The molecule has 2 aliphatic rings. The number of ether oxygens (including phenoxy) is 1. The first-order chi connectivity index (χ1) is 9.18. The second-order valence-electron chi connectivity index (χ2n) is 6.24. The van der Waals surface area contributed by atoms with Crippen molar-refractivity contribution in [2.45, 2.75) is 62.6 Å². The molecule has 1 aromatic carbocycles. The van der Waals surface area contributed by atoms with Gasteiger partial charge < -0.3 is 4.74 Å². The van der Waals surface area contributed by atoms with Crippen LogP contribution >= 0.6 is 0 Å². The molecule has 0 aromatic heterocycles. The molecule has 0 unspecified atom stereocenters. The van der Waals surface area contributed by atoms with Crippen LogP contribution in [0.25, 0.3) is 0 Å². The molecule has 0 amide bonds. The van der Waals surface area contributed by atoms with Crippen molar-refractivity contribution < 1.29 is 4.74 Å². The molecule has 0 bridgehead atoms. The van der Waals surface area contributed by atoms with E-state index in [0.29, 0.717) is 5.92 Å². The van der Waals surface area contributed by atoms with Crippen molar-refractivity contribution in [1.82, 2.24) is 0 Å². The van der Waals surface area contributed by atoms with E-state index in [0.717, 1.165) is 19.3 Å². The van der Waals surface area contributed by atoms with Crippen molar-refractivity contribution in [3.63, 3.8) is 0 Å². The second kappa shape index (κ2) is 4.65. The van der Waals surface area contributed by atoms with Gasteiger partial charge in [-0.25, -0.2) is 0 Å². The molecule has 1 aliphatic heterocycles. The van der Waals surface area contributed by atoms with E-state index in [1.54, 1.807) is 0 Å². The van der Waals surface area contributed by atoms with E-state index >= 15 is 0 Å². The minimum absolute atomic E-state index is 0.0932. The lowest BCUT2D eigenvalue weighted by molar-refractivity contribution is -0.0919. The van der Waals surface area contributed by atoms with Crippen LogP contribution in [0.5, 0.6) is 0 Å². The number of benzene rings is 1. The van der Waals surface area contributed by atoms with Crippen molar-refractivity contribution >= 4 is 0 Å². The maximum absolute atomic E-state index is 9.43. The van der Waals surface area contributed by atoms with Gasteiger partial charge >= 0.3 is 0 Å². The fourth-order valence-electron chi connectivity index (χ4n) is 3.91. The van der Waals surface area contributed by atoms with Crippen molar-refractivity contribution in [3.05, 3.63) is 35.9 Å². The van der Waals surface area contributed by atoms with Crippen LogP contribution < -0.4 is 0 Å². The maximum Gasteiger partial charge on any atom is 0.152 e. The molecule has 1 saturated carbocycles. The molecule has 2 nitrogen and oxygen atoms in total. The molecule has 1 heterocycles. The Morgan fingerprint density at radius 3 is 2.47 bits per heavy atom. The number of nitrogens with zero attached hydrogens (tertiary/aromatic N) is 1. The molecule has 2 fully saturated rings. The molecule has 100 valence electrons. The van der Waals surface area contributed by atoms with E-state index in [4.69, 9.17) is 4.74 Å². The molecular formula is C17H21NO. The summed E-state index contributed by atoms with van der Waals surface area (Å²) in [5.41, 5.74) is 0.630. The molecule has 1 saturated heterocycles. The monoisotopic (exact) mass is 255 g/mol. The number of nitriles is 1. The van der Waals surface area contributed by atoms with Gasteiger partial charge in [0.25, 0.3) is 0 Å². The average molecular weight is 255 g/mol.